The van der Waals surface area contributed by atoms with Crippen molar-refractivity contribution >= 4 is 28.6 Å². The Labute approximate surface area is 187 Å². The molecule has 0 aliphatic heterocycles. The van der Waals surface area contributed by atoms with Gasteiger partial charge in [-0.05, 0) is 54.6 Å². The third-order valence-electron chi connectivity index (χ3n) is 4.80. The first-order valence-electron chi connectivity index (χ1n) is 10.1. The van der Waals surface area contributed by atoms with Crippen LogP contribution in [0.2, 0.25) is 0 Å². The Morgan fingerprint density at radius 3 is 2.09 bits per heavy atom. The number of hydrogen-bond donors (Lipinski definition) is 1. The van der Waals surface area contributed by atoms with Gasteiger partial charge < -0.3 is 18.9 Å². The summed E-state index contributed by atoms with van der Waals surface area (Å²) in [7, 11) is 0. The van der Waals surface area contributed by atoms with Crippen molar-refractivity contribution in [2.45, 2.75) is 0 Å². The minimum Gasteiger partial charge on any atom is -0.463 e. The molecule has 3 heterocycles. The third-order valence-corrected chi connectivity index (χ3v) is 4.80. The highest BCUT2D eigenvalue weighted by Gasteiger charge is 2.18. The number of furan rings is 2. The molecule has 0 bridgehead atoms. The van der Waals surface area contributed by atoms with Crippen molar-refractivity contribution in [2.75, 3.05) is 11.9 Å². The molecule has 0 fully saturated rings. The van der Waals surface area contributed by atoms with E-state index >= 15 is 0 Å². The Morgan fingerprint density at radius 2 is 1.45 bits per heavy atom. The number of anilines is 1. The van der Waals surface area contributed by atoms with Gasteiger partial charge in [-0.3, -0.25) is 4.79 Å². The Morgan fingerprint density at radius 1 is 0.788 bits per heavy atom. The predicted molar refractivity (Wildman–Crippen MR) is 120 cm³/mol. The van der Waals surface area contributed by atoms with E-state index in [9.17, 15) is 9.59 Å². The largest absolute Gasteiger partial charge is 0.463 e. The number of carbonyl (C=O) groups is 2. The van der Waals surface area contributed by atoms with Crippen LogP contribution in [0.5, 0.6) is 0 Å². The maximum absolute atomic E-state index is 12.5. The standard InChI is InChI=1S/C25H17N3O5/c29-22(26-17-6-2-1-3-7-17)15-33-25(30)16-10-11-18-19(14-16)28-24(21-9-5-13-32-21)23(27-18)20-8-4-12-31-20/h1-14H,15H2,(H,26,29). The van der Waals surface area contributed by atoms with Gasteiger partial charge in [-0.25, -0.2) is 14.8 Å². The van der Waals surface area contributed by atoms with Crippen LogP contribution in [-0.4, -0.2) is 28.5 Å². The van der Waals surface area contributed by atoms with Crippen molar-refractivity contribution in [1.29, 1.82) is 0 Å². The van der Waals surface area contributed by atoms with Crippen LogP contribution in [0.25, 0.3) is 33.9 Å². The molecule has 5 aromatic rings. The van der Waals surface area contributed by atoms with E-state index in [-0.39, 0.29) is 5.56 Å². The summed E-state index contributed by atoms with van der Waals surface area (Å²) in [5.41, 5.74) is 2.92. The molecule has 5 rings (SSSR count). The summed E-state index contributed by atoms with van der Waals surface area (Å²) in [4.78, 5) is 33.9. The lowest BCUT2D eigenvalue weighted by atomic mass is 10.1. The highest BCUT2D eigenvalue weighted by atomic mass is 16.5. The molecule has 3 aromatic heterocycles. The average molecular weight is 439 g/mol. The summed E-state index contributed by atoms with van der Waals surface area (Å²) >= 11 is 0. The molecule has 0 radical (unpaired) electrons. The number of esters is 1. The van der Waals surface area contributed by atoms with Gasteiger partial charge in [0.2, 0.25) is 0 Å². The average Bonchev–Trinajstić information content (AvgIpc) is 3.57. The van der Waals surface area contributed by atoms with E-state index in [1.54, 1.807) is 79.3 Å². The Kier molecular flexibility index (Phi) is 5.38. The summed E-state index contributed by atoms with van der Waals surface area (Å²) in [5, 5.41) is 2.66. The van der Waals surface area contributed by atoms with Gasteiger partial charge >= 0.3 is 5.97 Å². The lowest BCUT2D eigenvalue weighted by molar-refractivity contribution is -0.119. The molecule has 1 N–H and O–H groups in total. The van der Waals surface area contributed by atoms with Crippen LogP contribution in [-0.2, 0) is 9.53 Å². The first-order valence-corrected chi connectivity index (χ1v) is 10.1. The van der Waals surface area contributed by atoms with Crippen LogP contribution in [0.3, 0.4) is 0 Å². The number of nitrogens with zero attached hydrogens (tertiary/aromatic N) is 2. The van der Waals surface area contributed by atoms with Crippen molar-refractivity contribution < 1.29 is 23.2 Å². The lowest BCUT2D eigenvalue weighted by Gasteiger charge is -2.09. The van der Waals surface area contributed by atoms with Crippen molar-refractivity contribution in [3.05, 3.63) is 90.9 Å². The maximum Gasteiger partial charge on any atom is 0.338 e. The summed E-state index contributed by atoms with van der Waals surface area (Å²) in [6.45, 7) is -0.410. The first-order chi connectivity index (χ1) is 16.2. The van der Waals surface area contributed by atoms with Crippen molar-refractivity contribution in [2.24, 2.45) is 0 Å². The zero-order chi connectivity index (χ0) is 22.6. The molecule has 33 heavy (non-hydrogen) atoms. The molecule has 0 spiro atoms. The second kappa shape index (κ2) is 8.80. The number of ether oxygens (including phenoxy) is 1. The Balaban J connectivity index is 1.39. The summed E-state index contributed by atoms with van der Waals surface area (Å²) in [6.07, 6.45) is 3.10. The molecule has 0 unspecified atom stereocenters. The van der Waals surface area contributed by atoms with E-state index in [0.29, 0.717) is 39.6 Å². The van der Waals surface area contributed by atoms with Gasteiger partial charge in [0, 0.05) is 5.69 Å². The lowest BCUT2D eigenvalue weighted by Crippen LogP contribution is -2.20. The van der Waals surface area contributed by atoms with Gasteiger partial charge in [-0.2, -0.15) is 0 Å². The van der Waals surface area contributed by atoms with Crippen LogP contribution in [0.15, 0.2) is 94.2 Å². The molecule has 0 saturated heterocycles. The molecule has 0 saturated carbocycles. The minimum absolute atomic E-state index is 0.250. The van der Waals surface area contributed by atoms with Gasteiger partial charge in [0.15, 0.2) is 18.1 Å². The van der Waals surface area contributed by atoms with Crippen LogP contribution >= 0.6 is 0 Å². The Hall–Kier alpha value is -4.72. The fourth-order valence-electron chi connectivity index (χ4n) is 3.28. The molecule has 1 amide bonds. The van der Waals surface area contributed by atoms with Gasteiger partial charge in [0.1, 0.15) is 11.4 Å². The van der Waals surface area contributed by atoms with Crippen LogP contribution in [0, 0.1) is 0 Å². The highest BCUT2D eigenvalue weighted by molar-refractivity contribution is 5.97. The monoisotopic (exact) mass is 439 g/mol. The Bertz CT molecular complexity index is 1410. The molecule has 8 nitrogen and oxygen atoms in total. The fraction of sp³-hybridized carbons (Fsp3) is 0.0400. The molecular formula is C25H17N3O5. The number of amides is 1. The number of para-hydroxylation sites is 1. The van der Waals surface area contributed by atoms with Crippen LogP contribution in [0.1, 0.15) is 10.4 Å². The topological polar surface area (TPSA) is 107 Å². The molecular weight excluding hydrogens is 422 g/mol. The second-order valence-corrected chi connectivity index (χ2v) is 7.07. The number of benzene rings is 2. The first kappa shape index (κ1) is 20.2. The van der Waals surface area contributed by atoms with Crippen molar-refractivity contribution in [3.63, 3.8) is 0 Å². The SMILES string of the molecule is O=C(COC(=O)c1ccc2nc(-c3ccco3)c(-c3ccco3)nc2c1)Nc1ccccc1. The zero-order valence-corrected chi connectivity index (χ0v) is 17.2. The maximum atomic E-state index is 12.5. The number of carbonyl (C=O) groups excluding carboxylic acids is 2. The van der Waals surface area contributed by atoms with Crippen molar-refractivity contribution in [1.82, 2.24) is 9.97 Å². The minimum atomic E-state index is -0.642. The fourth-order valence-corrected chi connectivity index (χ4v) is 3.28. The number of aromatic nitrogens is 2. The van der Waals surface area contributed by atoms with E-state index < -0.39 is 18.5 Å². The van der Waals surface area contributed by atoms with E-state index in [2.05, 4.69) is 15.3 Å². The molecule has 0 atom stereocenters. The number of hydrogen-bond acceptors (Lipinski definition) is 7. The van der Waals surface area contributed by atoms with Gasteiger partial charge in [-0.1, -0.05) is 18.2 Å². The molecule has 162 valence electrons. The number of rotatable bonds is 6. The van der Waals surface area contributed by atoms with Gasteiger partial charge in [0.25, 0.3) is 5.91 Å². The predicted octanol–water partition coefficient (Wildman–Crippen LogP) is 4.95. The van der Waals surface area contributed by atoms with Crippen LogP contribution in [0.4, 0.5) is 5.69 Å². The smallest absolute Gasteiger partial charge is 0.338 e. The normalized spacial score (nSPS) is 10.8. The van der Waals surface area contributed by atoms with E-state index in [1.165, 1.54) is 0 Å². The summed E-state index contributed by atoms with van der Waals surface area (Å²) in [6, 6.07) is 20.8. The van der Waals surface area contributed by atoms with Crippen molar-refractivity contribution in [3.8, 4) is 22.9 Å². The molecule has 0 aliphatic carbocycles. The van der Waals surface area contributed by atoms with Gasteiger partial charge in [-0.15, -0.1) is 0 Å². The van der Waals surface area contributed by atoms with E-state index in [4.69, 9.17) is 13.6 Å². The zero-order valence-electron chi connectivity index (χ0n) is 17.2. The molecule has 2 aromatic carbocycles. The van der Waals surface area contributed by atoms with Crippen LogP contribution < -0.4 is 5.32 Å². The molecule has 8 heteroatoms. The quantitative estimate of drug-likeness (QED) is 0.373. The molecule has 0 aliphatic rings. The third kappa shape index (κ3) is 4.35. The van der Waals surface area contributed by atoms with E-state index in [1.807, 2.05) is 6.07 Å². The van der Waals surface area contributed by atoms with E-state index in [0.717, 1.165) is 0 Å². The van der Waals surface area contributed by atoms with Gasteiger partial charge in [0.05, 0.1) is 29.1 Å². The number of nitrogens with one attached hydrogen (secondary N) is 1. The highest BCUT2D eigenvalue weighted by Crippen LogP contribution is 2.31. The summed E-state index contributed by atoms with van der Waals surface area (Å²) in [5.74, 6) is -0.0139. The second-order valence-electron chi connectivity index (χ2n) is 7.07. The number of fused-ring (bicyclic) bond motifs is 1. The summed E-state index contributed by atoms with van der Waals surface area (Å²) < 4.78 is 16.2.